The summed E-state index contributed by atoms with van der Waals surface area (Å²) in [6, 6.07) is 2.20. The maximum absolute atomic E-state index is 13.8. The molecule has 0 bridgehead atoms. The summed E-state index contributed by atoms with van der Waals surface area (Å²) in [7, 11) is -9.13. The molecule has 2 atom stereocenters. The Bertz CT molecular complexity index is 1110. The van der Waals surface area contributed by atoms with E-state index < -0.39 is 42.1 Å². The second-order valence-corrected chi connectivity index (χ2v) is 10.5. The van der Waals surface area contributed by atoms with E-state index in [-0.39, 0.29) is 36.5 Å². The van der Waals surface area contributed by atoms with Gasteiger partial charge in [-0.25, -0.2) is 42.5 Å². The summed E-state index contributed by atoms with van der Waals surface area (Å²) in [6.45, 7) is 0.296. The number of hydrogen-bond acceptors (Lipinski definition) is 12. The molecule has 1 saturated heterocycles. The third kappa shape index (κ3) is 5.16. The smallest absolute Gasteiger partial charge is 0.239 e. The fourth-order valence-electron chi connectivity index (χ4n) is 3.57. The van der Waals surface area contributed by atoms with Crippen LogP contribution in [0.5, 0.6) is 0 Å². The zero-order chi connectivity index (χ0) is 23.8. The number of nitrogens with one attached hydrogen (secondary N) is 1. The van der Waals surface area contributed by atoms with Gasteiger partial charge in [-0.2, -0.15) is 5.01 Å². The first kappa shape index (κ1) is 24.7. The molecule has 32 heavy (non-hydrogen) atoms. The van der Waals surface area contributed by atoms with Gasteiger partial charge in [-0.15, -0.1) is 10.3 Å². The standard InChI is InChI=1S/C15H26FN9O5S2/c16-9-2-1-5-23(8-9)25-21-15(24(18)22-25)11-3-4-13(31(19,27)28)14(32(20,29)30)12(11)6-10(26)7-17/h3-4,9-10,22,26H,1-2,5-8,17-18H2,(H2,19,27,28)(H2,20,29,30). The number of aliphatic hydroxyl groups is 1. The van der Waals surface area contributed by atoms with Crippen LogP contribution in [0.15, 0.2) is 27.0 Å². The van der Waals surface area contributed by atoms with Crippen LogP contribution in [0.25, 0.3) is 0 Å². The molecule has 3 rings (SSSR count). The Morgan fingerprint density at radius 2 is 1.94 bits per heavy atom. The third-order valence-electron chi connectivity index (χ3n) is 4.99. The highest BCUT2D eigenvalue weighted by Gasteiger charge is 2.34. The van der Waals surface area contributed by atoms with Crippen molar-refractivity contribution in [2.45, 2.75) is 41.3 Å². The number of nitrogens with zero attached hydrogens (tertiary/aromatic N) is 4. The van der Waals surface area contributed by atoms with Crippen molar-refractivity contribution in [1.82, 2.24) is 20.9 Å². The lowest BCUT2D eigenvalue weighted by atomic mass is 10.0. The number of halogens is 1. The lowest BCUT2D eigenvalue weighted by molar-refractivity contribution is -0.116. The highest BCUT2D eigenvalue weighted by Crippen LogP contribution is 2.29. The van der Waals surface area contributed by atoms with Crippen LogP contribution in [0.1, 0.15) is 24.0 Å². The average molecular weight is 496 g/mol. The summed E-state index contributed by atoms with van der Waals surface area (Å²) in [5, 5.41) is 28.6. The molecule has 180 valence electrons. The fourth-order valence-corrected chi connectivity index (χ4v) is 5.79. The Morgan fingerprint density at radius 1 is 1.25 bits per heavy atom. The fraction of sp³-hybridized carbons (Fsp3) is 0.533. The SMILES string of the molecule is NCC(O)Cc1c(C2=NN(N3CCCC(F)C3)NN2N)ccc(S(N)(=O)=O)c1S(N)(=O)=O. The van der Waals surface area contributed by atoms with E-state index in [0.29, 0.717) is 19.4 Å². The Morgan fingerprint density at radius 3 is 2.50 bits per heavy atom. The van der Waals surface area contributed by atoms with Gasteiger partial charge >= 0.3 is 0 Å². The number of sulfonamides is 2. The Balaban J connectivity index is 2.18. The molecule has 0 radical (unpaired) electrons. The summed E-state index contributed by atoms with van der Waals surface area (Å²) in [6.07, 6.45) is -1.68. The quantitative estimate of drug-likeness (QED) is 0.206. The first-order valence-corrected chi connectivity index (χ1v) is 12.6. The van der Waals surface area contributed by atoms with Gasteiger partial charge in [0.05, 0.1) is 12.6 Å². The molecule has 2 aliphatic rings. The minimum absolute atomic E-state index is 0.0314. The molecule has 1 aromatic rings. The Labute approximate surface area is 184 Å². The van der Waals surface area contributed by atoms with Crippen LogP contribution in [0.4, 0.5) is 4.39 Å². The zero-order valence-electron chi connectivity index (χ0n) is 16.9. The van der Waals surface area contributed by atoms with Crippen molar-refractivity contribution in [3.63, 3.8) is 0 Å². The predicted molar refractivity (Wildman–Crippen MR) is 111 cm³/mol. The van der Waals surface area contributed by atoms with E-state index in [9.17, 15) is 26.3 Å². The van der Waals surface area contributed by atoms with E-state index in [0.717, 1.165) is 11.2 Å². The maximum Gasteiger partial charge on any atom is 0.239 e. The molecule has 10 N–H and O–H groups in total. The highest BCUT2D eigenvalue weighted by atomic mass is 32.2. The Kier molecular flexibility index (Phi) is 7.03. The van der Waals surface area contributed by atoms with Gasteiger partial charge < -0.3 is 10.8 Å². The largest absolute Gasteiger partial charge is 0.391 e. The topological polar surface area (TPSA) is 227 Å². The van der Waals surface area contributed by atoms with Crippen molar-refractivity contribution in [2.75, 3.05) is 19.6 Å². The van der Waals surface area contributed by atoms with Crippen LogP contribution in [0.3, 0.4) is 0 Å². The zero-order valence-corrected chi connectivity index (χ0v) is 18.6. The number of primary sulfonamides is 2. The number of hydrazone groups is 1. The molecule has 2 heterocycles. The van der Waals surface area contributed by atoms with Gasteiger partial charge in [-0.3, -0.25) is 0 Å². The minimum Gasteiger partial charge on any atom is -0.391 e. The second kappa shape index (κ2) is 9.12. The molecule has 0 aromatic heterocycles. The van der Waals surface area contributed by atoms with Crippen molar-refractivity contribution in [3.8, 4) is 0 Å². The molecule has 1 aromatic carbocycles. The number of aliphatic hydroxyl groups excluding tert-OH is 1. The average Bonchev–Trinajstić information content (AvgIpc) is 3.07. The summed E-state index contributed by atoms with van der Waals surface area (Å²) in [5.74, 6) is 5.95. The van der Waals surface area contributed by atoms with E-state index >= 15 is 0 Å². The summed E-state index contributed by atoms with van der Waals surface area (Å²) in [5.41, 5.74) is 8.02. The van der Waals surface area contributed by atoms with E-state index in [1.807, 2.05) is 0 Å². The van der Waals surface area contributed by atoms with E-state index in [1.165, 1.54) is 11.3 Å². The molecule has 2 unspecified atom stereocenters. The molecule has 14 nitrogen and oxygen atoms in total. The Hall–Kier alpha value is -1.96. The number of amidine groups is 1. The van der Waals surface area contributed by atoms with Crippen LogP contribution < -0.4 is 27.4 Å². The monoisotopic (exact) mass is 495 g/mol. The van der Waals surface area contributed by atoms with Gasteiger partial charge in [0.2, 0.25) is 20.0 Å². The van der Waals surface area contributed by atoms with Crippen LogP contribution >= 0.6 is 0 Å². The first-order valence-electron chi connectivity index (χ1n) is 9.51. The molecule has 0 spiro atoms. The number of benzene rings is 1. The number of hydrogen-bond donors (Lipinski definition) is 6. The van der Waals surface area contributed by atoms with E-state index in [2.05, 4.69) is 10.6 Å². The van der Waals surface area contributed by atoms with Gasteiger partial charge in [0.25, 0.3) is 0 Å². The molecular weight excluding hydrogens is 469 g/mol. The van der Waals surface area contributed by atoms with E-state index in [1.54, 1.807) is 5.01 Å². The van der Waals surface area contributed by atoms with E-state index in [4.69, 9.17) is 21.9 Å². The van der Waals surface area contributed by atoms with Gasteiger partial charge in [0.1, 0.15) is 16.0 Å². The molecule has 0 amide bonds. The number of rotatable bonds is 7. The van der Waals surface area contributed by atoms with Crippen LogP contribution in [-0.4, -0.2) is 75.0 Å². The van der Waals surface area contributed by atoms with Crippen molar-refractivity contribution in [1.29, 1.82) is 0 Å². The van der Waals surface area contributed by atoms with Crippen molar-refractivity contribution in [2.24, 2.45) is 27.0 Å². The lowest BCUT2D eigenvalue weighted by Gasteiger charge is -2.33. The molecule has 0 aliphatic carbocycles. The summed E-state index contributed by atoms with van der Waals surface area (Å²) >= 11 is 0. The third-order valence-corrected chi connectivity index (χ3v) is 7.11. The van der Waals surface area contributed by atoms with Crippen LogP contribution in [0, 0.1) is 0 Å². The highest BCUT2D eigenvalue weighted by molar-refractivity contribution is 7.92. The minimum atomic E-state index is -4.63. The number of hydrazine groups is 4. The second-order valence-electron chi connectivity index (χ2n) is 7.44. The van der Waals surface area contributed by atoms with Crippen molar-refractivity contribution < 1.29 is 26.3 Å². The summed E-state index contributed by atoms with van der Waals surface area (Å²) < 4.78 is 62.6. The van der Waals surface area contributed by atoms with Gasteiger partial charge in [0.15, 0.2) is 5.84 Å². The first-order chi connectivity index (χ1) is 14.8. The normalized spacial score (nSPS) is 21.7. The van der Waals surface area contributed by atoms with Gasteiger partial charge in [-0.05, 0) is 30.5 Å². The number of nitrogens with two attached hydrogens (primary N) is 4. The van der Waals surface area contributed by atoms with Crippen molar-refractivity contribution >= 4 is 25.9 Å². The van der Waals surface area contributed by atoms with Crippen molar-refractivity contribution in [3.05, 3.63) is 23.3 Å². The lowest BCUT2D eigenvalue weighted by Crippen LogP contribution is -2.55. The number of alkyl halides is 1. The van der Waals surface area contributed by atoms with Gasteiger partial charge in [0, 0.05) is 25.1 Å². The molecular formula is C15H26FN9O5S2. The van der Waals surface area contributed by atoms with Crippen LogP contribution in [-0.2, 0) is 26.5 Å². The maximum atomic E-state index is 13.8. The summed E-state index contributed by atoms with van der Waals surface area (Å²) in [4.78, 5) is -1.53. The molecule has 1 fully saturated rings. The van der Waals surface area contributed by atoms with Gasteiger partial charge in [-0.1, -0.05) is 5.53 Å². The van der Waals surface area contributed by atoms with Crippen LogP contribution in [0.2, 0.25) is 0 Å². The predicted octanol–water partition coefficient (Wildman–Crippen LogP) is -3.24. The molecule has 17 heteroatoms. The number of piperidine rings is 1. The molecule has 0 saturated carbocycles. The molecule has 2 aliphatic heterocycles.